The van der Waals surface area contributed by atoms with E-state index in [1.54, 1.807) is 16.8 Å². The van der Waals surface area contributed by atoms with Crippen molar-refractivity contribution in [3.63, 3.8) is 0 Å². The first-order chi connectivity index (χ1) is 12.1. The Morgan fingerprint density at radius 1 is 1.20 bits per heavy atom. The fourth-order valence-corrected chi connectivity index (χ4v) is 3.46. The summed E-state index contributed by atoms with van der Waals surface area (Å²) in [5.74, 6) is 1.64. The zero-order valence-corrected chi connectivity index (χ0v) is 14.3. The Bertz CT molecular complexity index is 894. The zero-order valence-electron chi connectivity index (χ0n) is 14.3. The van der Waals surface area contributed by atoms with E-state index in [1.807, 2.05) is 25.3 Å². The number of pyridine rings is 1. The Labute approximate surface area is 146 Å². The van der Waals surface area contributed by atoms with E-state index in [0.717, 1.165) is 54.1 Å². The van der Waals surface area contributed by atoms with Gasteiger partial charge in [-0.2, -0.15) is 0 Å². The summed E-state index contributed by atoms with van der Waals surface area (Å²) < 4.78 is 1.76. The maximum atomic E-state index is 6.02. The minimum absolute atomic E-state index is 0.326. The minimum atomic E-state index is 0.326. The molecule has 3 aromatic rings. The van der Waals surface area contributed by atoms with Crippen LogP contribution in [0.25, 0.3) is 5.65 Å². The molecule has 0 aliphatic heterocycles. The topological polar surface area (TPSA) is 107 Å². The molecule has 0 amide bonds. The Balaban J connectivity index is 1.69. The standard InChI is InChI=1S/C18H23N7/c1-11-6-7-21-17(8-11)22-14-9-16(20)24-25-10-15(23-18(14)25)12-2-4-13(19)5-3-12/h6-10,12-13H,2-5,19H2,1H3,(H2,20,24)(H,21,22)/t12-,13-. The van der Waals surface area contributed by atoms with Gasteiger partial charge >= 0.3 is 0 Å². The van der Waals surface area contributed by atoms with Gasteiger partial charge in [0.25, 0.3) is 0 Å². The quantitative estimate of drug-likeness (QED) is 0.678. The summed E-state index contributed by atoms with van der Waals surface area (Å²) in [5.41, 5.74) is 15.8. The van der Waals surface area contributed by atoms with Crippen molar-refractivity contribution in [1.29, 1.82) is 0 Å². The second-order valence-corrected chi connectivity index (χ2v) is 6.87. The van der Waals surface area contributed by atoms with Crippen molar-refractivity contribution < 1.29 is 0 Å². The molecule has 25 heavy (non-hydrogen) atoms. The van der Waals surface area contributed by atoms with Crippen molar-refractivity contribution in [3.05, 3.63) is 41.9 Å². The highest BCUT2D eigenvalue weighted by Gasteiger charge is 2.23. The third-order valence-corrected chi connectivity index (χ3v) is 4.83. The smallest absolute Gasteiger partial charge is 0.177 e. The number of nitrogens with one attached hydrogen (secondary N) is 1. The molecule has 1 aliphatic rings. The predicted molar refractivity (Wildman–Crippen MR) is 98.8 cm³/mol. The van der Waals surface area contributed by atoms with E-state index < -0.39 is 0 Å². The summed E-state index contributed by atoms with van der Waals surface area (Å²) in [6.45, 7) is 2.03. The minimum Gasteiger partial charge on any atom is -0.382 e. The van der Waals surface area contributed by atoms with Crippen LogP contribution in [0.15, 0.2) is 30.6 Å². The van der Waals surface area contributed by atoms with Crippen LogP contribution in [-0.2, 0) is 0 Å². The second kappa shape index (κ2) is 6.33. The first-order valence-corrected chi connectivity index (χ1v) is 8.69. The highest BCUT2D eigenvalue weighted by molar-refractivity contribution is 5.74. The largest absolute Gasteiger partial charge is 0.382 e. The number of nitrogens with two attached hydrogens (primary N) is 2. The molecule has 130 valence electrons. The van der Waals surface area contributed by atoms with Crippen molar-refractivity contribution >= 4 is 23.0 Å². The molecule has 0 bridgehead atoms. The van der Waals surface area contributed by atoms with Gasteiger partial charge < -0.3 is 16.8 Å². The van der Waals surface area contributed by atoms with Gasteiger partial charge in [0.15, 0.2) is 5.65 Å². The third kappa shape index (κ3) is 3.28. The number of aryl methyl sites for hydroxylation is 1. The van der Waals surface area contributed by atoms with E-state index in [9.17, 15) is 0 Å². The van der Waals surface area contributed by atoms with Crippen LogP contribution in [0.3, 0.4) is 0 Å². The zero-order chi connectivity index (χ0) is 17.4. The fourth-order valence-electron chi connectivity index (χ4n) is 3.46. The van der Waals surface area contributed by atoms with E-state index in [1.165, 1.54) is 0 Å². The first-order valence-electron chi connectivity index (χ1n) is 8.69. The van der Waals surface area contributed by atoms with Crippen LogP contribution in [-0.4, -0.2) is 25.6 Å². The van der Waals surface area contributed by atoms with Crippen molar-refractivity contribution in [2.24, 2.45) is 5.73 Å². The number of aromatic nitrogens is 4. The molecule has 1 aliphatic carbocycles. The lowest BCUT2D eigenvalue weighted by atomic mass is 9.85. The average Bonchev–Trinajstić information content (AvgIpc) is 2.99. The molecule has 4 rings (SSSR count). The van der Waals surface area contributed by atoms with Crippen molar-refractivity contribution in [2.75, 3.05) is 11.1 Å². The number of imidazole rings is 1. The Morgan fingerprint density at radius 2 is 2.00 bits per heavy atom. The van der Waals surface area contributed by atoms with Crippen molar-refractivity contribution in [3.8, 4) is 0 Å². The second-order valence-electron chi connectivity index (χ2n) is 6.87. The van der Waals surface area contributed by atoms with Crippen LogP contribution in [0.5, 0.6) is 0 Å². The summed E-state index contributed by atoms with van der Waals surface area (Å²) in [5, 5.41) is 7.69. The normalized spacial score (nSPS) is 20.7. The van der Waals surface area contributed by atoms with Gasteiger partial charge in [0, 0.05) is 24.2 Å². The van der Waals surface area contributed by atoms with Crippen molar-refractivity contribution in [1.82, 2.24) is 19.6 Å². The van der Waals surface area contributed by atoms with E-state index in [0.29, 0.717) is 17.8 Å². The monoisotopic (exact) mass is 337 g/mol. The maximum Gasteiger partial charge on any atom is 0.177 e. The maximum absolute atomic E-state index is 6.02. The number of anilines is 3. The van der Waals surface area contributed by atoms with Gasteiger partial charge in [-0.15, -0.1) is 5.10 Å². The molecule has 5 N–H and O–H groups in total. The lowest BCUT2D eigenvalue weighted by Crippen LogP contribution is -2.25. The number of nitrogens with zero attached hydrogens (tertiary/aromatic N) is 4. The van der Waals surface area contributed by atoms with Crippen LogP contribution >= 0.6 is 0 Å². The number of hydrogen-bond acceptors (Lipinski definition) is 6. The van der Waals surface area contributed by atoms with Gasteiger partial charge in [-0.1, -0.05) is 0 Å². The highest BCUT2D eigenvalue weighted by Crippen LogP contribution is 2.33. The molecule has 0 spiro atoms. The van der Waals surface area contributed by atoms with Crippen LogP contribution in [0.4, 0.5) is 17.3 Å². The Morgan fingerprint density at radius 3 is 2.76 bits per heavy atom. The summed E-state index contributed by atoms with van der Waals surface area (Å²) in [6.07, 6.45) is 8.01. The van der Waals surface area contributed by atoms with Crippen LogP contribution in [0, 0.1) is 6.92 Å². The molecule has 7 nitrogen and oxygen atoms in total. The molecule has 1 saturated carbocycles. The number of hydrogen-bond donors (Lipinski definition) is 3. The van der Waals surface area contributed by atoms with Crippen molar-refractivity contribution in [2.45, 2.75) is 44.6 Å². The van der Waals surface area contributed by atoms with Gasteiger partial charge in [0.05, 0.1) is 17.6 Å². The van der Waals surface area contributed by atoms with Crippen LogP contribution in [0.2, 0.25) is 0 Å². The third-order valence-electron chi connectivity index (χ3n) is 4.83. The molecule has 0 saturated heterocycles. The molecule has 3 heterocycles. The molecule has 0 atom stereocenters. The van der Waals surface area contributed by atoms with Gasteiger partial charge in [-0.05, 0) is 50.3 Å². The molecule has 0 radical (unpaired) electrons. The Hall–Kier alpha value is -2.67. The number of fused-ring (bicyclic) bond motifs is 1. The number of nitrogen functional groups attached to an aromatic ring is 1. The summed E-state index contributed by atoms with van der Waals surface area (Å²) in [6, 6.07) is 6.07. The lowest BCUT2D eigenvalue weighted by Gasteiger charge is -2.24. The molecular formula is C18H23N7. The SMILES string of the molecule is Cc1ccnc(Nc2cc(N)nn3cc([C@H]4CC[C@H](N)CC4)nc23)c1. The molecule has 7 heteroatoms. The van der Waals surface area contributed by atoms with E-state index in [2.05, 4.69) is 15.4 Å². The molecular weight excluding hydrogens is 314 g/mol. The molecule has 0 aromatic carbocycles. The van der Waals surface area contributed by atoms with E-state index in [4.69, 9.17) is 16.5 Å². The summed E-state index contributed by atoms with van der Waals surface area (Å²) in [4.78, 5) is 9.19. The van der Waals surface area contributed by atoms with E-state index in [-0.39, 0.29) is 0 Å². The molecule has 0 unspecified atom stereocenters. The average molecular weight is 337 g/mol. The predicted octanol–water partition coefficient (Wildman–Crippen LogP) is 2.74. The van der Waals surface area contributed by atoms with Gasteiger partial charge in [-0.3, -0.25) is 0 Å². The van der Waals surface area contributed by atoms with Crippen LogP contribution in [0.1, 0.15) is 42.9 Å². The fraction of sp³-hybridized carbons (Fsp3) is 0.389. The highest BCUT2D eigenvalue weighted by atomic mass is 15.3. The summed E-state index contributed by atoms with van der Waals surface area (Å²) >= 11 is 0. The Kier molecular flexibility index (Phi) is 4.01. The van der Waals surface area contributed by atoms with E-state index >= 15 is 0 Å². The van der Waals surface area contributed by atoms with Crippen LogP contribution < -0.4 is 16.8 Å². The van der Waals surface area contributed by atoms with Gasteiger partial charge in [-0.25, -0.2) is 14.5 Å². The first kappa shape index (κ1) is 15.8. The molecule has 3 aromatic heterocycles. The number of rotatable bonds is 3. The lowest BCUT2D eigenvalue weighted by molar-refractivity contribution is 0.391. The van der Waals surface area contributed by atoms with Gasteiger partial charge in [0.1, 0.15) is 11.6 Å². The summed E-state index contributed by atoms with van der Waals surface area (Å²) in [7, 11) is 0. The van der Waals surface area contributed by atoms with Gasteiger partial charge in [0.2, 0.25) is 0 Å². The molecule has 1 fully saturated rings.